The minimum atomic E-state index is -0.334. The SMILES string of the molecule is O=C(c1ccc(F)cc1)C1CCCN(C(=O)C2CCCCC2)C1. The van der Waals surface area contributed by atoms with E-state index < -0.39 is 0 Å². The molecule has 1 aliphatic heterocycles. The maximum atomic E-state index is 13.0. The van der Waals surface area contributed by atoms with Gasteiger partial charge in [-0.05, 0) is 49.9 Å². The summed E-state index contributed by atoms with van der Waals surface area (Å²) in [6.45, 7) is 1.29. The number of nitrogens with zero attached hydrogens (tertiary/aromatic N) is 1. The fourth-order valence-electron chi connectivity index (χ4n) is 3.85. The molecule has 0 spiro atoms. The second-order valence-electron chi connectivity index (χ2n) is 6.83. The van der Waals surface area contributed by atoms with Gasteiger partial charge in [0.05, 0.1) is 0 Å². The Bertz CT molecular complexity index is 563. The number of benzene rings is 1. The Hall–Kier alpha value is -1.71. The largest absolute Gasteiger partial charge is 0.342 e. The van der Waals surface area contributed by atoms with Crippen LogP contribution in [0.25, 0.3) is 0 Å². The number of hydrogen-bond acceptors (Lipinski definition) is 2. The fraction of sp³-hybridized carbons (Fsp3) is 0.579. The van der Waals surface area contributed by atoms with E-state index in [9.17, 15) is 14.0 Å². The number of rotatable bonds is 3. The second-order valence-corrected chi connectivity index (χ2v) is 6.83. The number of likely N-dealkylation sites (tertiary alicyclic amines) is 1. The number of hydrogen-bond donors (Lipinski definition) is 0. The normalized spacial score (nSPS) is 22.8. The van der Waals surface area contributed by atoms with Gasteiger partial charge in [0.1, 0.15) is 5.82 Å². The first kappa shape index (κ1) is 16.2. The Balaban J connectivity index is 1.64. The lowest BCUT2D eigenvalue weighted by Gasteiger charge is -2.35. The Morgan fingerprint density at radius 3 is 2.26 bits per heavy atom. The van der Waals surface area contributed by atoms with Crippen LogP contribution in [0.2, 0.25) is 0 Å². The molecule has 0 radical (unpaired) electrons. The zero-order chi connectivity index (χ0) is 16.2. The summed E-state index contributed by atoms with van der Waals surface area (Å²) in [6.07, 6.45) is 7.18. The molecule has 3 nitrogen and oxygen atoms in total. The highest BCUT2D eigenvalue weighted by Crippen LogP contribution is 2.28. The van der Waals surface area contributed by atoms with Crippen LogP contribution in [0, 0.1) is 17.7 Å². The Morgan fingerprint density at radius 1 is 0.913 bits per heavy atom. The second kappa shape index (κ2) is 7.24. The first-order valence-electron chi connectivity index (χ1n) is 8.74. The molecule has 0 aromatic heterocycles. The summed E-state index contributed by atoms with van der Waals surface area (Å²) in [6, 6.07) is 5.72. The number of halogens is 1. The van der Waals surface area contributed by atoms with Crippen LogP contribution < -0.4 is 0 Å². The summed E-state index contributed by atoms with van der Waals surface area (Å²) in [5.41, 5.74) is 0.545. The van der Waals surface area contributed by atoms with E-state index in [-0.39, 0.29) is 29.3 Å². The van der Waals surface area contributed by atoms with Gasteiger partial charge in [-0.3, -0.25) is 9.59 Å². The van der Waals surface area contributed by atoms with Crippen LogP contribution in [0.1, 0.15) is 55.3 Å². The average molecular weight is 317 g/mol. The van der Waals surface area contributed by atoms with Crippen molar-refractivity contribution in [3.8, 4) is 0 Å². The molecule has 1 aliphatic carbocycles. The smallest absolute Gasteiger partial charge is 0.225 e. The van der Waals surface area contributed by atoms with Gasteiger partial charge in [0, 0.05) is 30.5 Å². The van der Waals surface area contributed by atoms with Crippen molar-refractivity contribution in [3.05, 3.63) is 35.6 Å². The maximum absolute atomic E-state index is 13.0. The summed E-state index contributed by atoms with van der Waals surface area (Å²) in [5, 5.41) is 0. The first-order valence-corrected chi connectivity index (χ1v) is 8.74. The minimum absolute atomic E-state index is 0.0335. The van der Waals surface area contributed by atoms with Gasteiger partial charge < -0.3 is 4.90 Å². The summed E-state index contributed by atoms with van der Waals surface area (Å²) in [7, 11) is 0. The fourth-order valence-corrected chi connectivity index (χ4v) is 3.85. The number of Topliss-reactive ketones (excluding diaryl/α,β-unsaturated/α-hetero) is 1. The third kappa shape index (κ3) is 3.80. The molecule has 2 fully saturated rings. The van der Waals surface area contributed by atoms with Gasteiger partial charge >= 0.3 is 0 Å². The number of carbonyl (C=O) groups excluding carboxylic acids is 2. The van der Waals surface area contributed by atoms with Crippen LogP contribution in [-0.4, -0.2) is 29.7 Å². The van der Waals surface area contributed by atoms with E-state index in [1.165, 1.54) is 18.6 Å². The van der Waals surface area contributed by atoms with Gasteiger partial charge in [-0.25, -0.2) is 4.39 Å². The van der Waals surface area contributed by atoms with Crippen LogP contribution in [0.15, 0.2) is 24.3 Å². The number of ketones is 1. The minimum Gasteiger partial charge on any atom is -0.342 e. The van der Waals surface area contributed by atoms with Crippen LogP contribution in [-0.2, 0) is 4.79 Å². The van der Waals surface area contributed by atoms with Gasteiger partial charge in [-0.2, -0.15) is 0 Å². The summed E-state index contributed by atoms with van der Waals surface area (Å²) < 4.78 is 13.0. The van der Waals surface area contributed by atoms with Crippen molar-refractivity contribution >= 4 is 11.7 Å². The van der Waals surface area contributed by atoms with Gasteiger partial charge in [-0.1, -0.05) is 19.3 Å². The van der Waals surface area contributed by atoms with Gasteiger partial charge in [0.2, 0.25) is 5.91 Å². The molecule has 1 unspecified atom stereocenters. The molecule has 2 aliphatic rings. The molecule has 1 atom stereocenters. The highest BCUT2D eigenvalue weighted by Gasteiger charge is 2.32. The van der Waals surface area contributed by atoms with E-state index in [2.05, 4.69) is 0 Å². The molecule has 1 saturated heterocycles. The van der Waals surface area contributed by atoms with Crippen molar-refractivity contribution in [1.82, 2.24) is 4.90 Å². The van der Waals surface area contributed by atoms with Gasteiger partial charge in [0.25, 0.3) is 0 Å². The van der Waals surface area contributed by atoms with Crippen molar-refractivity contribution in [2.24, 2.45) is 11.8 Å². The molecule has 4 heteroatoms. The monoisotopic (exact) mass is 317 g/mol. The number of carbonyl (C=O) groups is 2. The molecule has 0 bridgehead atoms. The standard InChI is InChI=1S/C19H24FNO2/c20-17-10-8-14(9-11-17)18(22)16-7-4-12-21(13-16)19(23)15-5-2-1-3-6-15/h8-11,15-16H,1-7,12-13H2. The predicted octanol–water partition coefficient (Wildman–Crippen LogP) is 3.83. The van der Waals surface area contributed by atoms with Crippen molar-refractivity contribution in [2.45, 2.75) is 44.9 Å². The van der Waals surface area contributed by atoms with Crippen LogP contribution in [0.3, 0.4) is 0 Å². The lowest BCUT2D eigenvalue weighted by atomic mass is 9.86. The summed E-state index contributed by atoms with van der Waals surface area (Å²) in [5.74, 6) is -0.0584. The Labute approximate surface area is 136 Å². The zero-order valence-corrected chi connectivity index (χ0v) is 13.5. The zero-order valence-electron chi connectivity index (χ0n) is 13.5. The predicted molar refractivity (Wildman–Crippen MR) is 86.6 cm³/mol. The van der Waals surface area contributed by atoms with Crippen molar-refractivity contribution in [2.75, 3.05) is 13.1 Å². The molecule has 1 heterocycles. The molecule has 23 heavy (non-hydrogen) atoms. The van der Waals surface area contributed by atoms with Crippen molar-refractivity contribution in [3.63, 3.8) is 0 Å². The van der Waals surface area contributed by atoms with E-state index in [1.807, 2.05) is 4.90 Å². The number of amides is 1. The van der Waals surface area contributed by atoms with E-state index >= 15 is 0 Å². The summed E-state index contributed by atoms with van der Waals surface area (Å²) >= 11 is 0. The first-order chi connectivity index (χ1) is 11.1. The van der Waals surface area contributed by atoms with E-state index in [0.717, 1.165) is 45.1 Å². The highest BCUT2D eigenvalue weighted by atomic mass is 19.1. The maximum Gasteiger partial charge on any atom is 0.225 e. The third-order valence-corrected chi connectivity index (χ3v) is 5.19. The Kier molecular flexibility index (Phi) is 5.09. The molecule has 0 N–H and O–H groups in total. The molecule has 1 aromatic carbocycles. The highest BCUT2D eigenvalue weighted by molar-refractivity contribution is 5.98. The van der Waals surface area contributed by atoms with Crippen LogP contribution in [0.4, 0.5) is 4.39 Å². The van der Waals surface area contributed by atoms with E-state index in [1.54, 1.807) is 12.1 Å². The van der Waals surface area contributed by atoms with Crippen LogP contribution >= 0.6 is 0 Å². The van der Waals surface area contributed by atoms with E-state index in [4.69, 9.17) is 0 Å². The van der Waals surface area contributed by atoms with E-state index in [0.29, 0.717) is 12.1 Å². The van der Waals surface area contributed by atoms with Gasteiger partial charge in [0.15, 0.2) is 5.78 Å². The molecule has 1 saturated carbocycles. The quantitative estimate of drug-likeness (QED) is 0.795. The van der Waals surface area contributed by atoms with Crippen molar-refractivity contribution in [1.29, 1.82) is 0 Å². The van der Waals surface area contributed by atoms with Crippen LogP contribution in [0.5, 0.6) is 0 Å². The molecular weight excluding hydrogens is 293 g/mol. The molecule has 124 valence electrons. The third-order valence-electron chi connectivity index (χ3n) is 5.19. The lowest BCUT2D eigenvalue weighted by Crippen LogP contribution is -2.45. The molecule has 1 aromatic rings. The molecule has 3 rings (SSSR count). The topological polar surface area (TPSA) is 37.4 Å². The molecular formula is C19H24FNO2. The van der Waals surface area contributed by atoms with Gasteiger partial charge in [-0.15, -0.1) is 0 Å². The number of piperidine rings is 1. The van der Waals surface area contributed by atoms with Crippen molar-refractivity contribution < 1.29 is 14.0 Å². The molecule has 1 amide bonds. The Morgan fingerprint density at radius 2 is 1.57 bits per heavy atom. The lowest BCUT2D eigenvalue weighted by molar-refractivity contribution is -0.138. The summed E-state index contributed by atoms with van der Waals surface area (Å²) in [4.78, 5) is 27.2. The average Bonchev–Trinajstić information content (AvgIpc) is 2.62.